The van der Waals surface area contributed by atoms with Gasteiger partial charge in [-0.25, -0.2) is 9.37 Å². The van der Waals surface area contributed by atoms with E-state index in [0.29, 0.717) is 0 Å². The molecule has 20 heavy (non-hydrogen) atoms. The molecular formula is C15H17BrFN3. The van der Waals surface area contributed by atoms with Gasteiger partial charge in [-0.2, -0.15) is 0 Å². The number of nitrogens with one attached hydrogen (secondary N) is 1. The van der Waals surface area contributed by atoms with Gasteiger partial charge in [0.15, 0.2) is 0 Å². The number of hydrogen-bond acceptors (Lipinski definition) is 3. The number of benzene rings is 1. The quantitative estimate of drug-likeness (QED) is 0.897. The van der Waals surface area contributed by atoms with E-state index in [9.17, 15) is 4.39 Å². The first-order valence-electron chi connectivity index (χ1n) is 6.46. The van der Waals surface area contributed by atoms with Crippen LogP contribution in [-0.4, -0.2) is 18.6 Å². The fraction of sp³-hybridized carbons (Fsp3) is 0.267. The zero-order chi connectivity index (χ0) is 14.5. The molecule has 0 fully saturated rings. The van der Waals surface area contributed by atoms with Crippen molar-refractivity contribution in [3.05, 3.63) is 52.4 Å². The fourth-order valence-electron chi connectivity index (χ4n) is 1.95. The summed E-state index contributed by atoms with van der Waals surface area (Å²) in [4.78, 5) is 6.43. The third-order valence-corrected chi connectivity index (χ3v) is 3.44. The standard InChI is InChI=1S/C15H17BrFN3/c1-3-18-9-11-8-12(16)10-19-15(11)20(2)14-6-4-13(17)5-7-14/h4-8,10,18H,3,9H2,1-2H3. The van der Waals surface area contributed by atoms with E-state index >= 15 is 0 Å². The molecule has 106 valence electrons. The van der Waals surface area contributed by atoms with E-state index in [1.165, 1.54) is 12.1 Å². The maximum Gasteiger partial charge on any atom is 0.137 e. The molecule has 0 aliphatic rings. The molecule has 0 aliphatic carbocycles. The monoisotopic (exact) mass is 337 g/mol. The molecule has 0 saturated heterocycles. The summed E-state index contributed by atoms with van der Waals surface area (Å²) in [7, 11) is 1.93. The molecule has 1 N–H and O–H groups in total. The number of halogens is 2. The van der Waals surface area contributed by atoms with Crippen LogP contribution in [0.25, 0.3) is 0 Å². The Bertz CT molecular complexity index is 572. The maximum atomic E-state index is 13.0. The summed E-state index contributed by atoms with van der Waals surface area (Å²) in [5.41, 5.74) is 1.99. The molecule has 0 saturated carbocycles. The van der Waals surface area contributed by atoms with E-state index in [2.05, 4.69) is 33.2 Å². The average molecular weight is 338 g/mol. The van der Waals surface area contributed by atoms with Crippen LogP contribution in [0.15, 0.2) is 41.0 Å². The van der Waals surface area contributed by atoms with Crippen molar-refractivity contribution in [1.29, 1.82) is 0 Å². The highest BCUT2D eigenvalue weighted by molar-refractivity contribution is 9.10. The fourth-order valence-corrected chi connectivity index (χ4v) is 2.33. The molecule has 1 heterocycles. The van der Waals surface area contributed by atoms with Gasteiger partial charge < -0.3 is 10.2 Å². The summed E-state index contributed by atoms with van der Waals surface area (Å²) in [6, 6.07) is 8.44. The third kappa shape index (κ3) is 3.55. The van der Waals surface area contributed by atoms with Gasteiger partial charge in [0.25, 0.3) is 0 Å². The van der Waals surface area contributed by atoms with Gasteiger partial charge in [-0.1, -0.05) is 6.92 Å². The second-order valence-electron chi connectivity index (χ2n) is 4.45. The predicted molar refractivity (Wildman–Crippen MR) is 83.8 cm³/mol. The molecule has 2 rings (SSSR count). The van der Waals surface area contributed by atoms with Crippen LogP contribution in [0.2, 0.25) is 0 Å². The van der Waals surface area contributed by atoms with E-state index < -0.39 is 0 Å². The number of nitrogens with zero attached hydrogens (tertiary/aromatic N) is 2. The van der Waals surface area contributed by atoms with Crippen molar-refractivity contribution in [1.82, 2.24) is 10.3 Å². The molecule has 0 spiro atoms. The lowest BCUT2D eigenvalue weighted by atomic mass is 10.2. The van der Waals surface area contributed by atoms with E-state index in [1.54, 1.807) is 18.3 Å². The van der Waals surface area contributed by atoms with Gasteiger partial charge in [0, 0.05) is 35.5 Å². The Labute approximate surface area is 127 Å². The molecule has 1 aromatic heterocycles. The van der Waals surface area contributed by atoms with E-state index in [0.717, 1.165) is 34.6 Å². The van der Waals surface area contributed by atoms with E-state index in [4.69, 9.17) is 0 Å². The van der Waals surface area contributed by atoms with Crippen LogP contribution >= 0.6 is 15.9 Å². The van der Waals surface area contributed by atoms with Crippen LogP contribution in [-0.2, 0) is 6.54 Å². The molecule has 5 heteroatoms. The van der Waals surface area contributed by atoms with Gasteiger partial charge in [-0.05, 0) is 52.8 Å². The SMILES string of the molecule is CCNCc1cc(Br)cnc1N(C)c1ccc(F)cc1. The Morgan fingerprint density at radius 1 is 1.30 bits per heavy atom. The molecule has 0 unspecified atom stereocenters. The second-order valence-corrected chi connectivity index (χ2v) is 5.37. The summed E-state index contributed by atoms with van der Waals surface area (Å²) < 4.78 is 13.9. The minimum Gasteiger partial charge on any atom is -0.329 e. The average Bonchev–Trinajstić information content (AvgIpc) is 2.45. The Morgan fingerprint density at radius 2 is 2.00 bits per heavy atom. The predicted octanol–water partition coefficient (Wildman–Crippen LogP) is 3.86. The highest BCUT2D eigenvalue weighted by atomic mass is 79.9. The first-order valence-corrected chi connectivity index (χ1v) is 7.25. The summed E-state index contributed by atoms with van der Waals surface area (Å²) >= 11 is 3.44. The number of aromatic nitrogens is 1. The minimum atomic E-state index is -0.237. The van der Waals surface area contributed by atoms with Crippen molar-refractivity contribution in [3.63, 3.8) is 0 Å². The minimum absolute atomic E-state index is 0.237. The van der Waals surface area contributed by atoms with E-state index in [-0.39, 0.29) is 5.82 Å². The molecule has 0 atom stereocenters. The lowest BCUT2D eigenvalue weighted by Gasteiger charge is -2.21. The normalized spacial score (nSPS) is 10.6. The summed E-state index contributed by atoms with van der Waals surface area (Å²) in [5.74, 6) is 0.625. The third-order valence-electron chi connectivity index (χ3n) is 3.01. The molecule has 3 nitrogen and oxygen atoms in total. The van der Waals surface area contributed by atoms with Crippen LogP contribution in [0.3, 0.4) is 0 Å². The number of pyridine rings is 1. The van der Waals surface area contributed by atoms with Gasteiger partial charge >= 0.3 is 0 Å². The van der Waals surface area contributed by atoms with Crippen molar-refractivity contribution in [2.24, 2.45) is 0 Å². The largest absolute Gasteiger partial charge is 0.329 e. The molecule has 1 aromatic carbocycles. The van der Waals surface area contributed by atoms with Gasteiger partial charge in [0.2, 0.25) is 0 Å². The zero-order valence-electron chi connectivity index (χ0n) is 11.5. The van der Waals surface area contributed by atoms with Crippen LogP contribution in [0, 0.1) is 5.82 Å². The van der Waals surface area contributed by atoms with Crippen molar-refractivity contribution >= 4 is 27.4 Å². The Hall–Kier alpha value is -1.46. The van der Waals surface area contributed by atoms with E-state index in [1.807, 2.05) is 18.0 Å². The van der Waals surface area contributed by atoms with Crippen molar-refractivity contribution in [2.45, 2.75) is 13.5 Å². The number of hydrogen-bond donors (Lipinski definition) is 1. The number of rotatable bonds is 5. The topological polar surface area (TPSA) is 28.2 Å². The molecular weight excluding hydrogens is 321 g/mol. The van der Waals surface area contributed by atoms with Crippen molar-refractivity contribution in [2.75, 3.05) is 18.5 Å². The van der Waals surface area contributed by atoms with Crippen LogP contribution in [0.4, 0.5) is 15.9 Å². The maximum absolute atomic E-state index is 13.0. The smallest absolute Gasteiger partial charge is 0.137 e. The highest BCUT2D eigenvalue weighted by Crippen LogP contribution is 2.27. The molecule has 2 aromatic rings. The van der Waals surface area contributed by atoms with Crippen LogP contribution < -0.4 is 10.2 Å². The van der Waals surface area contributed by atoms with Gasteiger partial charge in [0.1, 0.15) is 11.6 Å². The number of anilines is 2. The molecule has 0 radical (unpaired) electrons. The Morgan fingerprint density at radius 3 is 2.65 bits per heavy atom. The lowest BCUT2D eigenvalue weighted by molar-refractivity contribution is 0.628. The first kappa shape index (κ1) is 14.9. The van der Waals surface area contributed by atoms with Crippen LogP contribution in [0.5, 0.6) is 0 Å². The summed E-state index contributed by atoms with van der Waals surface area (Å²) in [6.45, 7) is 3.70. The van der Waals surface area contributed by atoms with Gasteiger partial charge in [0.05, 0.1) is 0 Å². The van der Waals surface area contributed by atoms with Crippen molar-refractivity contribution < 1.29 is 4.39 Å². The zero-order valence-corrected chi connectivity index (χ0v) is 13.1. The summed E-state index contributed by atoms with van der Waals surface area (Å²) in [6.07, 6.45) is 1.77. The Kier molecular flexibility index (Phi) is 5.09. The molecule has 0 bridgehead atoms. The van der Waals surface area contributed by atoms with Gasteiger partial charge in [-0.3, -0.25) is 0 Å². The van der Waals surface area contributed by atoms with Gasteiger partial charge in [-0.15, -0.1) is 0 Å². The first-order chi connectivity index (χ1) is 9.61. The van der Waals surface area contributed by atoms with Crippen molar-refractivity contribution in [3.8, 4) is 0 Å². The summed E-state index contributed by atoms with van der Waals surface area (Å²) in [5, 5.41) is 3.30. The highest BCUT2D eigenvalue weighted by Gasteiger charge is 2.11. The van der Waals surface area contributed by atoms with Crippen LogP contribution in [0.1, 0.15) is 12.5 Å². The second kappa shape index (κ2) is 6.81. The lowest BCUT2D eigenvalue weighted by Crippen LogP contribution is -2.18. The Balaban J connectivity index is 2.32. The molecule has 0 amide bonds. The molecule has 0 aliphatic heterocycles.